The van der Waals surface area contributed by atoms with Gasteiger partial charge in [-0.3, -0.25) is 4.79 Å². The van der Waals surface area contributed by atoms with Crippen LogP contribution in [0.3, 0.4) is 0 Å². The molecule has 2 aromatic heterocycles. The van der Waals surface area contributed by atoms with E-state index in [2.05, 4.69) is 20.2 Å². The number of anilines is 1. The smallest absolute Gasteiger partial charge is 0.407 e. The zero-order valence-electron chi connectivity index (χ0n) is 17.1. The second-order valence-corrected chi connectivity index (χ2v) is 10.8. The number of nitrogens with one attached hydrogen (secondary N) is 3. The monoisotopic (exact) mass is 501 g/mol. The van der Waals surface area contributed by atoms with Crippen LogP contribution in [0.2, 0.25) is 5.02 Å². The van der Waals surface area contributed by atoms with Gasteiger partial charge in [-0.2, -0.15) is 16.4 Å². The lowest BCUT2D eigenvalue weighted by molar-refractivity contribution is 0.102. The standard InChI is InChI=1S/C19H24ClN5O5S2/c20-17-16(9-21-23-18(17)26)25-7-5-14(10-25)30-19(27)22-12-1-3-13(4-2-12)24-32(28,29)15-6-8-31-11-15/h6,8-9,11-14,24H,1-5,7,10H2,(H,22,27)(H,23,26)/t12?,13?,14-/m1/s1. The first-order chi connectivity index (χ1) is 15.3. The highest BCUT2D eigenvalue weighted by atomic mass is 35.5. The third kappa shape index (κ3) is 5.42. The average molecular weight is 502 g/mol. The first kappa shape index (κ1) is 23.0. The van der Waals surface area contributed by atoms with E-state index in [9.17, 15) is 18.0 Å². The lowest BCUT2D eigenvalue weighted by atomic mass is 9.92. The second-order valence-electron chi connectivity index (χ2n) is 7.93. The van der Waals surface area contributed by atoms with Gasteiger partial charge in [0.2, 0.25) is 10.0 Å². The van der Waals surface area contributed by atoms with E-state index in [1.165, 1.54) is 17.5 Å². The summed E-state index contributed by atoms with van der Waals surface area (Å²) in [5, 5.41) is 12.3. The minimum absolute atomic E-state index is 0.0618. The van der Waals surface area contributed by atoms with Crippen LogP contribution in [0.25, 0.3) is 0 Å². The Labute approximate surface area is 194 Å². The van der Waals surface area contributed by atoms with Crippen LogP contribution in [0.4, 0.5) is 10.5 Å². The number of rotatable bonds is 6. The Bertz CT molecular complexity index is 1100. The van der Waals surface area contributed by atoms with Crippen molar-refractivity contribution in [3.05, 3.63) is 38.4 Å². The van der Waals surface area contributed by atoms with Crippen LogP contribution in [0.5, 0.6) is 0 Å². The maximum absolute atomic E-state index is 12.4. The Morgan fingerprint density at radius 3 is 2.72 bits per heavy atom. The number of alkyl carbamates (subject to hydrolysis) is 1. The van der Waals surface area contributed by atoms with Crippen molar-refractivity contribution >= 4 is 44.7 Å². The fourth-order valence-electron chi connectivity index (χ4n) is 4.04. The number of hydrogen-bond donors (Lipinski definition) is 3. The van der Waals surface area contributed by atoms with Crippen molar-refractivity contribution in [3.8, 4) is 0 Å². The van der Waals surface area contributed by atoms with E-state index in [4.69, 9.17) is 16.3 Å². The topological polar surface area (TPSA) is 133 Å². The van der Waals surface area contributed by atoms with E-state index in [-0.39, 0.29) is 28.1 Å². The summed E-state index contributed by atoms with van der Waals surface area (Å²) in [7, 11) is -3.50. The number of aromatic amines is 1. The summed E-state index contributed by atoms with van der Waals surface area (Å²) in [6, 6.07) is 1.37. The summed E-state index contributed by atoms with van der Waals surface area (Å²) in [5.74, 6) is 0. The number of H-pyrrole nitrogens is 1. The van der Waals surface area contributed by atoms with Crippen LogP contribution in [0.15, 0.2) is 32.7 Å². The molecule has 3 heterocycles. The number of thiophene rings is 1. The van der Waals surface area contributed by atoms with Crippen LogP contribution in [0, 0.1) is 0 Å². The third-order valence-electron chi connectivity index (χ3n) is 5.71. The maximum Gasteiger partial charge on any atom is 0.407 e. The molecule has 4 rings (SSSR count). The molecule has 32 heavy (non-hydrogen) atoms. The molecule has 0 radical (unpaired) electrons. The molecule has 3 N–H and O–H groups in total. The van der Waals surface area contributed by atoms with Gasteiger partial charge in [0, 0.05) is 30.4 Å². The minimum atomic E-state index is -3.50. The molecule has 1 aliphatic carbocycles. The highest BCUT2D eigenvalue weighted by molar-refractivity contribution is 7.89. The number of halogens is 1. The van der Waals surface area contributed by atoms with Crippen molar-refractivity contribution in [2.45, 2.75) is 55.2 Å². The molecule has 2 fully saturated rings. The highest BCUT2D eigenvalue weighted by Crippen LogP contribution is 2.26. The molecular formula is C19H24ClN5O5S2. The van der Waals surface area contributed by atoms with Gasteiger partial charge in [0.1, 0.15) is 11.1 Å². The summed E-state index contributed by atoms with van der Waals surface area (Å²) >= 11 is 7.39. The Morgan fingerprint density at radius 2 is 2.00 bits per heavy atom. The van der Waals surface area contributed by atoms with Gasteiger partial charge in [0.05, 0.1) is 23.3 Å². The minimum Gasteiger partial charge on any atom is -0.444 e. The highest BCUT2D eigenvalue weighted by Gasteiger charge is 2.30. The molecular weight excluding hydrogens is 478 g/mol. The molecule has 0 spiro atoms. The lowest BCUT2D eigenvalue weighted by Gasteiger charge is -2.29. The number of amides is 1. The molecule has 0 aromatic carbocycles. The molecule has 174 valence electrons. The zero-order chi connectivity index (χ0) is 22.7. The van der Waals surface area contributed by atoms with Gasteiger partial charge < -0.3 is 15.0 Å². The molecule has 10 nitrogen and oxygen atoms in total. The predicted molar refractivity (Wildman–Crippen MR) is 121 cm³/mol. The van der Waals surface area contributed by atoms with E-state index in [0.29, 0.717) is 50.9 Å². The van der Waals surface area contributed by atoms with E-state index in [1.54, 1.807) is 16.8 Å². The maximum atomic E-state index is 12.4. The van der Waals surface area contributed by atoms with E-state index in [0.717, 1.165) is 0 Å². The van der Waals surface area contributed by atoms with Crippen LogP contribution in [-0.2, 0) is 14.8 Å². The fraction of sp³-hybridized carbons (Fsp3) is 0.526. The Morgan fingerprint density at radius 1 is 1.25 bits per heavy atom. The predicted octanol–water partition coefficient (Wildman–Crippen LogP) is 2.08. The normalized spacial score (nSPS) is 23.8. The van der Waals surface area contributed by atoms with Gasteiger partial charge in [0.15, 0.2) is 0 Å². The summed E-state index contributed by atoms with van der Waals surface area (Å²) in [6.45, 7) is 1.02. The Kier molecular flexibility index (Phi) is 7.03. The van der Waals surface area contributed by atoms with E-state index < -0.39 is 21.7 Å². The molecule has 1 saturated heterocycles. The number of carbonyl (C=O) groups excluding carboxylic acids is 1. The number of aromatic nitrogens is 2. The van der Waals surface area contributed by atoms with E-state index >= 15 is 0 Å². The van der Waals surface area contributed by atoms with Crippen molar-refractivity contribution in [2.75, 3.05) is 18.0 Å². The Hall–Kier alpha value is -2.15. The van der Waals surface area contributed by atoms with Gasteiger partial charge in [-0.15, -0.1) is 0 Å². The number of ether oxygens (including phenoxy) is 1. The van der Waals surface area contributed by atoms with Crippen LogP contribution >= 0.6 is 22.9 Å². The quantitative estimate of drug-likeness (QED) is 0.551. The van der Waals surface area contributed by atoms with Crippen molar-refractivity contribution in [1.82, 2.24) is 20.2 Å². The summed E-state index contributed by atoms with van der Waals surface area (Å²) < 4.78 is 33.0. The Balaban J connectivity index is 1.21. The van der Waals surface area contributed by atoms with Crippen molar-refractivity contribution in [3.63, 3.8) is 0 Å². The first-order valence-electron chi connectivity index (χ1n) is 10.3. The van der Waals surface area contributed by atoms with Crippen LogP contribution < -0.4 is 20.5 Å². The number of hydrogen-bond acceptors (Lipinski definition) is 8. The summed E-state index contributed by atoms with van der Waals surface area (Å²) in [6.07, 6.45) is 3.89. The van der Waals surface area contributed by atoms with Crippen LogP contribution in [-0.4, -0.2) is 56.0 Å². The van der Waals surface area contributed by atoms with E-state index in [1.807, 2.05) is 4.90 Å². The second kappa shape index (κ2) is 9.77. The van der Waals surface area contributed by atoms with Gasteiger partial charge in [0.25, 0.3) is 5.56 Å². The molecule has 2 aliphatic rings. The first-order valence-corrected chi connectivity index (χ1v) is 13.1. The average Bonchev–Trinajstić information content (AvgIpc) is 3.44. The SMILES string of the molecule is O=C(NC1CCC(NS(=O)(=O)c2ccsc2)CC1)O[C@@H]1CCN(c2cn[nH]c(=O)c2Cl)C1. The number of sulfonamides is 1. The van der Waals surface area contributed by atoms with Crippen molar-refractivity contribution < 1.29 is 17.9 Å². The fourth-order valence-corrected chi connectivity index (χ4v) is 6.58. The lowest BCUT2D eigenvalue weighted by Crippen LogP contribution is -2.44. The van der Waals surface area contributed by atoms with Gasteiger partial charge in [-0.1, -0.05) is 11.6 Å². The summed E-state index contributed by atoms with van der Waals surface area (Å²) in [4.78, 5) is 26.1. The molecule has 0 unspecified atom stereocenters. The molecule has 0 bridgehead atoms. The largest absolute Gasteiger partial charge is 0.444 e. The van der Waals surface area contributed by atoms with Gasteiger partial charge in [-0.05, 0) is 37.1 Å². The van der Waals surface area contributed by atoms with Gasteiger partial charge >= 0.3 is 6.09 Å². The zero-order valence-corrected chi connectivity index (χ0v) is 19.5. The van der Waals surface area contributed by atoms with Crippen molar-refractivity contribution in [2.24, 2.45) is 0 Å². The molecule has 1 amide bonds. The third-order valence-corrected chi connectivity index (χ3v) is 8.43. The van der Waals surface area contributed by atoms with Crippen molar-refractivity contribution in [1.29, 1.82) is 0 Å². The van der Waals surface area contributed by atoms with Crippen LogP contribution in [0.1, 0.15) is 32.1 Å². The molecule has 1 atom stereocenters. The molecule has 1 aliphatic heterocycles. The number of nitrogens with zero attached hydrogens (tertiary/aromatic N) is 2. The van der Waals surface area contributed by atoms with Gasteiger partial charge in [-0.25, -0.2) is 23.0 Å². The number of carbonyl (C=O) groups is 1. The molecule has 13 heteroatoms. The summed E-state index contributed by atoms with van der Waals surface area (Å²) in [5.41, 5.74) is 0.0599. The molecule has 2 aromatic rings. The molecule has 1 saturated carbocycles.